The van der Waals surface area contributed by atoms with Gasteiger partial charge in [0.2, 0.25) is 0 Å². The molecule has 4 N–H and O–H groups in total. The number of hydrogen-bond donors (Lipinski definition) is 3. The van der Waals surface area contributed by atoms with Crippen LogP contribution in [0.3, 0.4) is 0 Å². The van der Waals surface area contributed by atoms with E-state index in [1.54, 1.807) is 26.0 Å². The third kappa shape index (κ3) is 2.45. The number of carbonyl (C=O) groups is 3. The van der Waals surface area contributed by atoms with Gasteiger partial charge in [-0.3, -0.25) is 19.9 Å². The lowest BCUT2D eigenvalue weighted by Gasteiger charge is -2.15. The SMILES string of the molecule is CC1(C)NC(=O)N(Cc2cccc(C(=O)NN)n2)C1=O. The number of hydrogen-bond acceptors (Lipinski definition) is 5. The number of nitrogens with zero attached hydrogens (tertiary/aromatic N) is 2. The normalized spacial score (nSPS) is 17.1. The van der Waals surface area contributed by atoms with Crippen LogP contribution in [0.4, 0.5) is 4.79 Å². The number of aromatic nitrogens is 1. The zero-order valence-electron chi connectivity index (χ0n) is 11.1. The highest BCUT2D eigenvalue weighted by Crippen LogP contribution is 2.18. The molecule has 0 aromatic carbocycles. The third-order valence-electron chi connectivity index (χ3n) is 2.94. The highest BCUT2D eigenvalue weighted by Gasteiger charge is 2.44. The highest BCUT2D eigenvalue weighted by atomic mass is 16.2. The van der Waals surface area contributed by atoms with Crippen LogP contribution >= 0.6 is 0 Å². The summed E-state index contributed by atoms with van der Waals surface area (Å²) < 4.78 is 0. The number of rotatable bonds is 3. The summed E-state index contributed by atoms with van der Waals surface area (Å²) in [5.41, 5.74) is 1.59. The van der Waals surface area contributed by atoms with E-state index in [9.17, 15) is 14.4 Å². The lowest BCUT2D eigenvalue weighted by Crippen LogP contribution is -2.40. The van der Waals surface area contributed by atoms with Crippen molar-refractivity contribution in [1.29, 1.82) is 0 Å². The summed E-state index contributed by atoms with van der Waals surface area (Å²) in [6, 6.07) is 4.24. The van der Waals surface area contributed by atoms with E-state index in [2.05, 4.69) is 10.3 Å². The Morgan fingerprint density at radius 3 is 2.70 bits per heavy atom. The molecule has 1 fully saturated rings. The van der Waals surface area contributed by atoms with Crippen LogP contribution in [0.25, 0.3) is 0 Å². The second kappa shape index (κ2) is 4.89. The van der Waals surface area contributed by atoms with Gasteiger partial charge in [-0.15, -0.1) is 0 Å². The van der Waals surface area contributed by atoms with E-state index in [1.807, 2.05) is 5.43 Å². The topological polar surface area (TPSA) is 117 Å². The van der Waals surface area contributed by atoms with Crippen molar-refractivity contribution >= 4 is 17.8 Å². The molecule has 0 unspecified atom stereocenters. The third-order valence-corrected chi connectivity index (χ3v) is 2.94. The Bertz CT molecular complexity index is 584. The maximum atomic E-state index is 12.0. The number of imide groups is 1. The molecule has 1 aromatic heterocycles. The van der Waals surface area contributed by atoms with Crippen LogP contribution in [0.2, 0.25) is 0 Å². The average Bonchev–Trinajstić information content (AvgIpc) is 2.60. The molecule has 106 valence electrons. The smallest absolute Gasteiger partial charge is 0.324 e. The molecule has 0 aliphatic carbocycles. The van der Waals surface area contributed by atoms with Crippen molar-refractivity contribution in [1.82, 2.24) is 20.6 Å². The van der Waals surface area contributed by atoms with Crippen LogP contribution in [-0.4, -0.2) is 33.3 Å². The Labute approximate surface area is 115 Å². The van der Waals surface area contributed by atoms with Gasteiger partial charge in [-0.05, 0) is 26.0 Å². The molecule has 1 aliphatic rings. The number of hydrazine groups is 1. The minimum absolute atomic E-state index is 0.000210. The van der Waals surface area contributed by atoms with Gasteiger partial charge in [0, 0.05) is 0 Å². The summed E-state index contributed by atoms with van der Waals surface area (Å²) in [5, 5.41) is 2.57. The lowest BCUT2D eigenvalue weighted by molar-refractivity contribution is -0.130. The van der Waals surface area contributed by atoms with E-state index >= 15 is 0 Å². The molecule has 0 radical (unpaired) electrons. The summed E-state index contributed by atoms with van der Waals surface area (Å²) in [7, 11) is 0. The highest BCUT2D eigenvalue weighted by molar-refractivity contribution is 6.06. The second-order valence-corrected chi connectivity index (χ2v) is 4.93. The standard InChI is InChI=1S/C12H15N5O3/c1-12(2)10(19)17(11(20)15-12)6-7-4-3-5-8(14-7)9(18)16-13/h3-5H,6,13H2,1-2H3,(H,15,20)(H,16,18). The van der Waals surface area contributed by atoms with E-state index in [0.29, 0.717) is 5.69 Å². The summed E-state index contributed by atoms with van der Waals surface area (Å²) in [5.74, 6) is 4.16. The Balaban J connectivity index is 2.21. The minimum Gasteiger partial charge on any atom is -0.324 e. The number of carbonyl (C=O) groups excluding carboxylic acids is 3. The molecule has 8 nitrogen and oxygen atoms in total. The van der Waals surface area contributed by atoms with Crippen LogP contribution < -0.4 is 16.6 Å². The molecule has 1 aliphatic heterocycles. The fourth-order valence-corrected chi connectivity index (χ4v) is 1.89. The van der Waals surface area contributed by atoms with Crippen molar-refractivity contribution in [2.24, 2.45) is 5.84 Å². The van der Waals surface area contributed by atoms with Gasteiger partial charge in [-0.2, -0.15) is 0 Å². The fourth-order valence-electron chi connectivity index (χ4n) is 1.89. The van der Waals surface area contributed by atoms with Gasteiger partial charge in [0.1, 0.15) is 11.2 Å². The fraction of sp³-hybridized carbons (Fsp3) is 0.333. The van der Waals surface area contributed by atoms with E-state index in [-0.39, 0.29) is 18.1 Å². The van der Waals surface area contributed by atoms with E-state index < -0.39 is 17.5 Å². The Kier molecular flexibility index (Phi) is 3.41. The lowest BCUT2D eigenvalue weighted by atomic mass is 10.1. The molecule has 2 heterocycles. The van der Waals surface area contributed by atoms with Crippen LogP contribution in [0.15, 0.2) is 18.2 Å². The molecule has 0 bridgehead atoms. The van der Waals surface area contributed by atoms with Crippen LogP contribution in [0.5, 0.6) is 0 Å². The van der Waals surface area contributed by atoms with Crippen LogP contribution in [0, 0.1) is 0 Å². The average molecular weight is 277 g/mol. The Morgan fingerprint density at radius 2 is 2.15 bits per heavy atom. The maximum Gasteiger partial charge on any atom is 0.325 e. The van der Waals surface area contributed by atoms with Crippen molar-refractivity contribution in [2.45, 2.75) is 25.9 Å². The summed E-state index contributed by atoms with van der Waals surface area (Å²) >= 11 is 0. The van der Waals surface area contributed by atoms with Crippen molar-refractivity contribution in [3.05, 3.63) is 29.6 Å². The molecule has 2 rings (SSSR count). The molecule has 1 saturated heterocycles. The van der Waals surface area contributed by atoms with E-state index in [0.717, 1.165) is 4.90 Å². The predicted octanol–water partition coefficient (Wildman–Crippen LogP) is -0.484. The maximum absolute atomic E-state index is 12.0. The van der Waals surface area contributed by atoms with Gasteiger partial charge in [-0.1, -0.05) is 6.07 Å². The monoisotopic (exact) mass is 277 g/mol. The molecule has 20 heavy (non-hydrogen) atoms. The summed E-state index contributed by atoms with van der Waals surface area (Å²) in [6.45, 7) is 3.25. The molecule has 1 aromatic rings. The van der Waals surface area contributed by atoms with Gasteiger partial charge in [-0.25, -0.2) is 15.6 Å². The summed E-state index contributed by atoms with van der Waals surface area (Å²) in [6.07, 6.45) is 0. The number of nitrogens with two attached hydrogens (primary N) is 1. The van der Waals surface area contributed by atoms with Gasteiger partial charge < -0.3 is 5.32 Å². The van der Waals surface area contributed by atoms with Crippen molar-refractivity contribution in [2.75, 3.05) is 0 Å². The number of nitrogen functional groups attached to an aromatic ring is 1. The minimum atomic E-state index is -0.927. The quantitative estimate of drug-likeness (QED) is 0.298. The van der Waals surface area contributed by atoms with Crippen LogP contribution in [-0.2, 0) is 11.3 Å². The first-order chi connectivity index (χ1) is 9.35. The molecule has 8 heteroatoms. The van der Waals surface area contributed by atoms with Crippen molar-refractivity contribution in [3.8, 4) is 0 Å². The zero-order valence-corrected chi connectivity index (χ0v) is 11.1. The largest absolute Gasteiger partial charge is 0.325 e. The first-order valence-electron chi connectivity index (χ1n) is 5.96. The number of pyridine rings is 1. The number of urea groups is 1. The van der Waals surface area contributed by atoms with Gasteiger partial charge in [0.25, 0.3) is 11.8 Å². The Morgan fingerprint density at radius 1 is 1.45 bits per heavy atom. The molecule has 0 spiro atoms. The molecule has 4 amide bonds. The van der Waals surface area contributed by atoms with E-state index in [1.165, 1.54) is 6.07 Å². The number of nitrogens with one attached hydrogen (secondary N) is 2. The van der Waals surface area contributed by atoms with E-state index in [4.69, 9.17) is 5.84 Å². The van der Waals surface area contributed by atoms with Gasteiger partial charge in [0.05, 0.1) is 12.2 Å². The van der Waals surface area contributed by atoms with Crippen LogP contribution in [0.1, 0.15) is 30.0 Å². The number of amides is 4. The van der Waals surface area contributed by atoms with Crippen molar-refractivity contribution < 1.29 is 14.4 Å². The van der Waals surface area contributed by atoms with Gasteiger partial charge in [0.15, 0.2) is 0 Å². The summed E-state index contributed by atoms with van der Waals surface area (Å²) in [4.78, 5) is 40.3. The van der Waals surface area contributed by atoms with Gasteiger partial charge >= 0.3 is 6.03 Å². The molecular formula is C12H15N5O3. The Hall–Kier alpha value is -2.48. The zero-order chi connectivity index (χ0) is 14.9. The molecule has 0 atom stereocenters. The second-order valence-electron chi connectivity index (χ2n) is 4.93. The molecule has 0 saturated carbocycles. The van der Waals surface area contributed by atoms with Crippen molar-refractivity contribution in [3.63, 3.8) is 0 Å². The first-order valence-corrected chi connectivity index (χ1v) is 5.96. The molecular weight excluding hydrogens is 262 g/mol. The first kappa shape index (κ1) is 13.9. The predicted molar refractivity (Wildman–Crippen MR) is 69.1 cm³/mol.